The number of carbonyl (C=O) groups is 2. The molecule has 2 amide bonds. The van der Waals surface area contributed by atoms with Crippen molar-refractivity contribution in [2.75, 3.05) is 39.4 Å². The van der Waals surface area contributed by atoms with Gasteiger partial charge in [0.2, 0.25) is 5.91 Å². The molecule has 0 radical (unpaired) electrons. The van der Waals surface area contributed by atoms with E-state index < -0.39 is 0 Å². The fourth-order valence-corrected chi connectivity index (χ4v) is 5.45. The molecular weight excluding hydrogens is 368 g/mol. The highest BCUT2D eigenvalue weighted by molar-refractivity contribution is 5.93. The molecule has 3 aliphatic rings. The van der Waals surface area contributed by atoms with Crippen LogP contribution in [0.25, 0.3) is 0 Å². The van der Waals surface area contributed by atoms with Gasteiger partial charge in [0, 0.05) is 57.6 Å². The summed E-state index contributed by atoms with van der Waals surface area (Å²) in [6.07, 6.45) is 7.08. The molecule has 0 aromatic carbocycles. The maximum absolute atomic E-state index is 12.8. The van der Waals surface area contributed by atoms with Crippen LogP contribution in [0.4, 0.5) is 0 Å². The summed E-state index contributed by atoms with van der Waals surface area (Å²) in [6, 6.07) is 3.91. The minimum absolute atomic E-state index is 0.0690. The Kier molecular flexibility index (Phi) is 6.45. The molecule has 1 N–H and O–H groups in total. The number of nitrogens with zero attached hydrogens (tertiary/aromatic N) is 3. The van der Waals surface area contributed by atoms with Crippen LogP contribution in [0, 0.1) is 11.8 Å². The Bertz CT molecular complexity index is 713. The lowest BCUT2D eigenvalue weighted by atomic mass is 9.72. The number of likely N-dealkylation sites (tertiary alicyclic amines) is 1. The SMILES string of the molecule is CCOCCN1C[C@H]2C[C@@H](C1)[C@H](CNC(=O)c1cccnc1)N1C(=O)CCC[C@@H]21. The molecule has 0 aliphatic carbocycles. The van der Waals surface area contributed by atoms with Crippen molar-refractivity contribution < 1.29 is 14.3 Å². The van der Waals surface area contributed by atoms with Gasteiger partial charge in [0.25, 0.3) is 5.91 Å². The van der Waals surface area contributed by atoms with Crippen molar-refractivity contribution in [1.29, 1.82) is 0 Å². The van der Waals surface area contributed by atoms with E-state index in [0.717, 1.165) is 52.1 Å². The molecule has 3 saturated heterocycles. The summed E-state index contributed by atoms with van der Waals surface area (Å²) >= 11 is 0. The number of fused-ring (bicyclic) bond motifs is 4. The number of pyridine rings is 1. The fourth-order valence-electron chi connectivity index (χ4n) is 5.45. The first-order valence-corrected chi connectivity index (χ1v) is 11.0. The third-order valence-corrected chi connectivity index (χ3v) is 6.72. The molecule has 29 heavy (non-hydrogen) atoms. The first kappa shape index (κ1) is 20.3. The van der Waals surface area contributed by atoms with Gasteiger partial charge in [0.15, 0.2) is 0 Å². The third-order valence-electron chi connectivity index (χ3n) is 6.72. The minimum atomic E-state index is -0.120. The zero-order chi connectivity index (χ0) is 20.2. The average Bonchev–Trinajstić information content (AvgIpc) is 2.75. The van der Waals surface area contributed by atoms with Gasteiger partial charge in [0.1, 0.15) is 0 Å². The van der Waals surface area contributed by atoms with Crippen LogP contribution in [0.5, 0.6) is 0 Å². The Balaban J connectivity index is 1.47. The first-order chi connectivity index (χ1) is 14.2. The smallest absolute Gasteiger partial charge is 0.252 e. The van der Waals surface area contributed by atoms with Crippen LogP contribution in [0.3, 0.4) is 0 Å². The second-order valence-corrected chi connectivity index (χ2v) is 8.49. The number of rotatable bonds is 7. The van der Waals surface area contributed by atoms with E-state index in [0.29, 0.717) is 36.4 Å². The standard InChI is InChI=1S/C22H32N4O3/c1-2-29-10-9-25-14-17-11-18(15-25)20(26-19(17)6-3-7-21(26)27)13-24-22(28)16-5-4-8-23-12-16/h4-5,8,12,17-20H,2-3,6-7,9-11,13-15H2,1H3,(H,24,28)/t17-,18+,19+,20+/m1/s1. The van der Waals surface area contributed by atoms with Crippen LogP contribution in [-0.4, -0.2) is 78.1 Å². The van der Waals surface area contributed by atoms with E-state index in [2.05, 4.69) is 20.1 Å². The van der Waals surface area contributed by atoms with Gasteiger partial charge in [-0.2, -0.15) is 0 Å². The second-order valence-electron chi connectivity index (χ2n) is 8.49. The molecule has 1 aromatic rings. The fraction of sp³-hybridized carbons (Fsp3) is 0.682. The zero-order valence-electron chi connectivity index (χ0n) is 17.3. The summed E-state index contributed by atoms with van der Waals surface area (Å²) < 4.78 is 5.57. The lowest BCUT2D eigenvalue weighted by Gasteiger charge is -2.56. The summed E-state index contributed by atoms with van der Waals surface area (Å²) in [5.74, 6) is 1.07. The Labute approximate surface area is 172 Å². The summed E-state index contributed by atoms with van der Waals surface area (Å²) in [5, 5.41) is 3.08. The maximum Gasteiger partial charge on any atom is 0.252 e. The van der Waals surface area contributed by atoms with Crippen LogP contribution in [0.1, 0.15) is 43.0 Å². The number of amides is 2. The lowest BCUT2D eigenvalue weighted by molar-refractivity contribution is -0.152. The number of aromatic nitrogens is 1. The molecule has 3 aliphatic heterocycles. The van der Waals surface area contributed by atoms with Crippen molar-refractivity contribution in [2.24, 2.45) is 11.8 Å². The summed E-state index contributed by atoms with van der Waals surface area (Å²) in [4.78, 5) is 34.1. The van der Waals surface area contributed by atoms with E-state index in [-0.39, 0.29) is 17.9 Å². The Morgan fingerprint density at radius 2 is 2.21 bits per heavy atom. The molecule has 4 heterocycles. The van der Waals surface area contributed by atoms with Crippen molar-refractivity contribution >= 4 is 11.8 Å². The molecule has 2 bridgehead atoms. The van der Waals surface area contributed by atoms with E-state index in [4.69, 9.17) is 4.74 Å². The molecule has 4 rings (SSSR count). The highest BCUT2D eigenvalue weighted by Crippen LogP contribution is 2.41. The van der Waals surface area contributed by atoms with E-state index in [1.807, 2.05) is 6.92 Å². The quantitative estimate of drug-likeness (QED) is 0.703. The second kappa shape index (κ2) is 9.22. The number of carbonyl (C=O) groups excluding carboxylic acids is 2. The Hall–Kier alpha value is -1.99. The van der Waals surface area contributed by atoms with E-state index in [1.165, 1.54) is 0 Å². The predicted molar refractivity (Wildman–Crippen MR) is 109 cm³/mol. The molecule has 158 valence electrons. The Morgan fingerprint density at radius 3 is 3.00 bits per heavy atom. The molecule has 4 atom stereocenters. The molecule has 0 saturated carbocycles. The van der Waals surface area contributed by atoms with Crippen molar-refractivity contribution in [2.45, 2.75) is 44.7 Å². The van der Waals surface area contributed by atoms with Crippen LogP contribution >= 0.6 is 0 Å². The number of ether oxygens (including phenoxy) is 1. The largest absolute Gasteiger partial charge is 0.380 e. The Morgan fingerprint density at radius 1 is 1.34 bits per heavy atom. The number of hydrogen-bond acceptors (Lipinski definition) is 5. The first-order valence-electron chi connectivity index (χ1n) is 11.0. The minimum Gasteiger partial charge on any atom is -0.380 e. The number of piperidine rings is 3. The number of nitrogens with one attached hydrogen (secondary N) is 1. The van der Waals surface area contributed by atoms with Gasteiger partial charge in [0.05, 0.1) is 18.2 Å². The van der Waals surface area contributed by atoms with E-state index >= 15 is 0 Å². The lowest BCUT2D eigenvalue weighted by Crippen LogP contribution is -2.67. The summed E-state index contributed by atoms with van der Waals surface area (Å²) in [5.41, 5.74) is 0.560. The maximum atomic E-state index is 12.8. The molecule has 7 nitrogen and oxygen atoms in total. The monoisotopic (exact) mass is 400 g/mol. The van der Waals surface area contributed by atoms with Crippen LogP contribution in [0.15, 0.2) is 24.5 Å². The van der Waals surface area contributed by atoms with Crippen molar-refractivity contribution in [3.8, 4) is 0 Å². The molecule has 3 fully saturated rings. The zero-order valence-corrected chi connectivity index (χ0v) is 17.3. The van der Waals surface area contributed by atoms with Crippen molar-refractivity contribution in [3.05, 3.63) is 30.1 Å². The van der Waals surface area contributed by atoms with Crippen LogP contribution in [-0.2, 0) is 9.53 Å². The van der Waals surface area contributed by atoms with E-state index in [1.54, 1.807) is 24.5 Å². The van der Waals surface area contributed by atoms with Gasteiger partial charge in [-0.05, 0) is 50.2 Å². The molecule has 1 aromatic heterocycles. The molecule has 0 unspecified atom stereocenters. The predicted octanol–water partition coefficient (Wildman–Crippen LogP) is 1.55. The van der Waals surface area contributed by atoms with Gasteiger partial charge in [-0.1, -0.05) is 0 Å². The van der Waals surface area contributed by atoms with Gasteiger partial charge < -0.3 is 19.9 Å². The average molecular weight is 401 g/mol. The molecular formula is C22H32N4O3. The van der Waals surface area contributed by atoms with Gasteiger partial charge in [-0.25, -0.2) is 0 Å². The third kappa shape index (κ3) is 4.46. The highest BCUT2D eigenvalue weighted by atomic mass is 16.5. The van der Waals surface area contributed by atoms with Gasteiger partial charge in [-0.3, -0.25) is 14.6 Å². The summed E-state index contributed by atoms with van der Waals surface area (Å²) in [6.45, 7) is 6.99. The van der Waals surface area contributed by atoms with Crippen molar-refractivity contribution in [1.82, 2.24) is 20.1 Å². The van der Waals surface area contributed by atoms with Crippen LogP contribution in [0.2, 0.25) is 0 Å². The topological polar surface area (TPSA) is 74.8 Å². The molecule has 7 heteroatoms. The normalized spacial score (nSPS) is 29.4. The van der Waals surface area contributed by atoms with Gasteiger partial charge >= 0.3 is 0 Å². The van der Waals surface area contributed by atoms with Crippen LogP contribution < -0.4 is 5.32 Å². The number of hydrogen-bond donors (Lipinski definition) is 1. The highest BCUT2D eigenvalue weighted by Gasteiger charge is 2.49. The molecule has 0 spiro atoms. The van der Waals surface area contributed by atoms with Crippen molar-refractivity contribution in [3.63, 3.8) is 0 Å². The van der Waals surface area contributed by atoms with Gasteiger partial charge in [-0.15, -0.1) is 0 Å². The van der Waals surface area contributed by atoms with E-state index in [9.17, 15) is 9.59 Å². The summed E-state index contributed by atoms with van der Waals surface area (Å²) in [7, 11) is 0.